The largest absolute Gasteiger partial charge is 0.379 e. The second-order valence-corrected chi connectivity index (χ2v) is 6.98. The predicted molar refractivity (Wildman–Crippen MR) is 126 cm³/mol. The molecule has 1 fully saturated rings. The Labute approximate surface area is 185 Å². The van der Waals surface area contributed by atoms with E-state index in [1.54, 1.807) is 7.05 Å². The number of morpholine rings is 1. The maximum atomic E-state index is 5.43. The lowest BCUT2D eigenvalue weighted by atomic mass is 10.1. The third-order valence-corrected chi connectivity index (χ3v) is 4.73. The number of nitrogens with zero attached hydrogens (tertiary/aromatic N) is 2. The van der Waals surface area contributed by atoms with Crippen molar-refractivity contribution in [3.8, 4) is 0 Å². The summed E-state index contributed by atoms with van der Waals surface area (Å²) in [5.74, 6) is 0.815. The normalized spacial score (nSPS) is 15.0. The van der Waals surface area contributed by atoms with Crippen molar-refractivity contribution in [2.75, 3.05) is 33.4 Å². The molecule has 0 bridgehead atoms. The van der Waals surface area contributed by atoms with Gasteiger partial charge in [-0.1, -0.05) is 54.1 Å². The van der Waals surface area contributed by atoms with Gasteiger partial charge in [0.2, 0.25) is 0 Å². The standard InChI is InChI=1S/C22H30N4O.HI/c1-18-5-3-6-19(13-18)15-24-22(23-2)25-16-20-7-4-8-21(14-20)17-26-9-11-27-12-10-26;/h3-8,13-14H,9-12,15-17H2,1-2H3,(H2,23,24,25);1H. The minimum atomic E-state index is 0. The fraction of sp³-hybridized carbons (Fsp3) is 0.409. The van der Waals surface area contributed by atoms with Gasteiger partial charge in [0.1, 0.15) is 0 Å². The van der Waals surface area contributed by atoms with E-state index in [0.717, 1.165) is 51.9 Å². The number of aliphatic imine (C=N–C) groups is 1. The van der Waals surface area contributed by atoms with E-state index in [0.29, 0.717) is 0 Å². The molecule has 2 aromatic rings. The smallest absolute Gasteiger partial charge is 0.191 e. The number of rotatable bonds is 6. The second-order valence-electron chi connectivity index (χ2n) is 6.98. The Kier molecular flexibility index (Phi) is 9.73. The number of ether oxygens (including phenoxy) is 1. The van der Waals surface area contributed by atoms with Gasteiger partial charge >= 0.3 is 0 Å². The van der Waals surface area contributed by atoms with Crippen molar-refractivity contribution in [2.45, 2.75) is 26.6 Å². The van der Waals surface area contributed by atoms with Gasteiger partial charge in [-0.25, -0.2) is 0 Å². The molecular weight excluding hydrogens is 463 g/mol. The van der Waals surface area contributed by atoms with E-state index in [2.05, 4.69) is 76.0 Å². The summed E-state index contributed by atoms with van der Waals surface area (Å²) >= 11 is 0. The van der Waals surface area contributed by atoms with Crippen molar-refractivity contribution >= 4 is 29.9 Å². The molecule has 2 N–H and O–H groups in total. The summed E-state index contributed by atoms with van der Waals surface area (Å²) in [6.45, 7) is 8.31. The molecule has 2 aromatic carbocycles. The first kappa shape index (κ1) is 22.6. The third kappa shape index (κ3) is 7.41. The number of nitrogens with one attached hydrogen (secondary N) is 2. The van der Waals surface area contributed by atoms with E-state index >= 15 is 0 Å². The average Bonchev–Trinajstić information content (AvgIpc) is 2.69. The molecular formula is C22H31IN4O. The number of benzene rings is 2. The number of guanidine groups is 1. The number of aryl methyl sites for hydroxylation is 1. The fourth-order valence-corrected chi connectivity index (χ4v) is 3.27. The predicted octanol–water partition coefficient (Wildman–Crippen LogP) is 3.31. The van der Waals surface area contributed by atoms with Gasteiger partial charge in [-0.15, -0.1) is 24.0 Å². The van der Waals surface area contributed by atoms with Crippen LogP contribution in [0, 0.1) is 6.92 Å². The number of hydrogen-bond acceptors (Lipinski definition) is 3. The summed E-state index contributed by atoms with van der Waals surface area (Å²) in [7, 11) is 1.81. The van der Waals surface area contributed by atoms with Gasteiger partial charge in [-0.3, -0.25) is 9.89 Å². The highest BCUT2D eigenvalue weighted by atomic mass is 127. The van der Waals surface area contributed by atoms with Crippen LogP contribution in [0.1, 0.15) is 22.3 Å². The van der Waals surface area contributed by atoms with Crippen LogP contribution in [0.15, 0.2) is 53.5 Å². The molecule has 0 spiro atoms. The monoisotopic (exact) mass is 494 g/mol. The van der Waals surface area contributed by atoms with Gasteiger partial charge in [0.15, 0.2) is 5.96 Å². The summed E-state index contributed by atoms with van der Waals surface area (Å²) in [5.41, 5.74) is 5.14. The maximum Gasteiger partial charge on any atom is 0.191 e. The molecule has 1 aliphatic rings. The first-order valence-electron chi connectivity index (χ1n) is 9.61. The SMILES string of the molecule is CN=C(NCc1cccc(C)c1)NCc1cccc(CN2CCOCC2)c1.I. The van der Waals surface area contributed by atoms with Gasteiger partial charge in [-0.2, -0.15) is 0 Å². The molecule has 0 amide bonds. The molecule has 152 valence electrons. The summed E-state index contributed by atoms with van der Waals surface area (Å²) in [5, 5.41) is 6.79. The zero-order chi connectivity index (χ0) is 18.9. The van der Waals surface area contributed by atoms with Crippen LogP contribution in [0.25, 0.3) is 0 Å². The minimum Gasteiger partial charge on any atom is -0.379 e. The molecule has 1 saturated heterocycles. The van der Waals surface area contributed by atoms with Crippen LogP contribution in [0.4, 0.5) is 0 Å². The van der Waals surface area contributed by atoms with Crippen LogP contribution >= 0.6 is 24.0 Å². The zero-order valence-electron chi connectivity index (χ0n) is 16.8. The van der Waals surface area contributed by atoms with Crippen LogP contribution in [-0.4, -0.2) is 44.2 Å². The highest BCUT2D eigenvalue weighted by Crippen LogP contribution is 2.10. The summed E-state index contributed by atoms with van der Waals surface area (Å²) in [4.78, 5) is 6.77. The lowest BCUT2D eigenvalue weighted by Gasteiger charge is -2.26. The van der Waals surface area contributed by atoms with E-state index in [4.69, 9.17) is 4.74 Å². The molecule has 1 aliphatic heterocycles. The van der Waals surface area contributed by atoms with Gasteiger partial charge in [-0.05, 0) is 23.6 Å². The van der Waals surface area contributed by atoms with Crippen LogP contribution in [0.5, 0.6) is 0 Å². The molecule has 3 rings (SSSR count). The highest BCUT2D eigenvalue weighted by molar-refractivity contribution is 14.0. The molecule has 0 radical (unpaired) electrons. The summed E-state index contributed by atoms with van der Waals surface area (Å²) in [6, 6.07) is 17.3. The Morgan fingerprint density at radius 3 is 2.21 bits per heavy atom. The van der Waals surface area contributed by atoms with Crippen molar-refractivity contribution in [1.29, 1.82) is 0 Å². The van der Waals surface area contributed by atoms with Gasteiger partial charge in [0, 0.05) is 39.8 Å². The van der Waals surface area contributed by atoms with Crippen molar-refractivity contribution in [1.82, 2.24) is 15.5 Å². The van der Waals surface area contributed by atoms with E-state index in [9.17, 15) is 0 Å². The number of hydrogen-bond donors (Lipinski definition) is 2. The highest BCUT2D eigenvalue weighted by Gasteiger charge is 2.10. The maximum absolute atomic E-state index is 5.43. The van der Waals surface area contributed by atoms with Crippen LogP contribution in [-0.2, 0) is 24.4 Å². The van der Waals surface area contributed by atoms with Gasteiger partial charge < -0.3 is 15.4 Å². The third-order valence-electron chi connectivity index (χ3n) is 4.73. The summed E-state index contributed by atoms with van der Waals surface area (Å²) < 4.78 is 5.43. The van der Waals surface area contributed by atoms with E-state index < -0.39 is 0 Å². The first-order valence-corrected chi connectivity index (χ1v) is 9.61. The van der Waals surface area contributed by atoms with Crippen molar-refractivity contribution in [2.24, 2.45) is 4.99 Å². The molecule has 0 atom stereocenters. The second kappa shape index (κ2) is 12.0. The van der Waals surface area contributed by atoms with Gasteiger partial charge in [0.25, 0.3) is 0 Å². The lowest BCUT2D eigenvalue weighted by Crippen LogP contribution is -2.36. The molecule has 1 heterocycles. The quantitative estimate of drug-likeness (QED) is 0.368. The van der Waals surface area contributed by atoms with Crippen LogP contribution in [0.2, 0.25) is 0 Å². The Balaban J connectivity index is 0.00000280. The Morgan fingerprint density at radius 1 is 0.964 bits per heavy atom. The summed E-state index contributed by atoms with van der Waals surface area (Å²) in [6.07, 6.45) is 0. The van der Waals surface area contributed by atoms with Crippen molar-refractivity contribution in [3.05, 3.63) is 70.8 Å². The fourth-order valence-electron chi connectivity index (χ4n) is 3.27. The first-order chi connectivity index (χ1) is 13.2. The molecule has 0 aromatic heterocycles. The Bertz CT molecular complexity index is 760. The lowest BCUT2D eigenvalue weighted by molar-refractivity contribution is 0.0342. The molecule has 28 heavy (non-hydrogen) atoms. The van der Waals surface area contributed by atoms with Crippen LogP contribution < -0.4 is 10.6 Å². The molecule has 0 aliphatic carbocycles. The van der Waals surface area contributed by atoms with Gasteiger partial charge in [0.05, 0.1) is 13.2 Å². The molecule has 6 heteroatoms. The molecule has 0 unspecified atom stereocenters. The molecule has 5 nitrogen and oxygen atoms in total. The molecule has 0 saturated carbocycles. The van der Waals surface area contributed by atoms with Crippen molar-refractivity contribution < 1.29 is 4.74 Å². The van der Waals surface area contributed by atoms with E-state index in [1.807, 2.05) is 0 Å². The number of halogens is 1. The van der Waals surface area contributed by atoms with Crippen LogP contribution in [0.3, 0.4) is 0 Å². The van der Waals surface area contributed by atoms with E-state index in [-0.39, 0.29) is 24.0 Å². The minimum absolute atomic E-state index is 0. The Hall–Kier alpha value is -1.64. The van der Waals surface area contributed by atoms with E-state index in [1.165, 1.54) is 22.3 Å². The average molecular weight is 494 g/mol. The zero-order valence-corrected chi connectivity index (χ0v) is 19.1. The Morgan fingerprint density at radius 2 is 1.57 bits per heavy atom. The topological polar surface area (TPSA) is 48.9 Å². The van der Waals surface area contributed by atoms with Crippen molar-refractivity contribution in [3.63, 3.8) is 0 Å².